The Bertz CT molecular complexity index is 405. The first kappa shape index (κ1) is 11.4. The summed E-state index contributed by atoms with van der Waals surface area (Å²) in [6.45, 7) is 8.34. The molecule has 1 aromatic heterocycles. The Morgan fingerprint density at radius 3 is 2.62 bits per heavy atom. The summed E-state index contributed by atoms with van der Waals surface area (Å²) in [5.74, 6) is 0.309. The lowest BCUT2D eigenvalue weighted by Gasteiger charge is -2.30. The Morgan fingerprint density at radius 2 is 2.06 bits per heavy atom. The van der Waals surface area contributed by atoms with Gasteiger partial charge in [-0.05, 0) is 31.5 Å². The molecule has 1 aliphatic rings. The summed E-state index contributed by atoms with van der Waals surface area (Å²) in [6.07, 6.45) is 3.20. The van der Waals surface area contributed by atoms with Crippen LogP contribution in [0.25, 0.3) is 0 Å². The Labute approximate surface area is 96.7 Å². The molecule has 0 bridgehead atoms. The zero-order valence-electron chi connectivity index (χ0n) is 10.1. The van der Waals surface area contributed by atoms with Crippen molar-refractivity contribution < 1.29 is 0 Å². The number of aromatic nitrogens is 1. The maximum absolute atomic E-state index is 12.1. The Morgan fingerprint density at radius 1 is 1.31 bits per heavy atom. The number of pyridine rings is 1. The van der Waals surface area contributed by atoms with Gasteiger partial charge in [-0.1, -0.05) is 19.9 Å². The van der Waals surface area contributed by atoms with Crippen LogP contribution in [0, 0.1) is 0 Å². The lowest BCUT2D eigenvalue weighted by molar-refractivity contribution is 0.174. The molecule has 2 heterocycles. The molecule has 0 saturated carbocycles. The van der Waals surface area contributed by atoms with Gasteiger partial charge in [0.1, 0.15) is 0 Å². The molecule has 0 unspecified atom stereocenters. The second kappa shape index (κ2) is 4.83. The fourth-order valence-corrected chi connectivity index (χ4v) is 2.03. The summed E-state index contributed by atoms with van der Waals surface area (Å²) in [6, 6.07) is 3.92. The van der Waals surface area contributed by atoms with Gasteiger partial charge >= 0.3 is 0 Å². The van der Waals surface area contributed by atoms with Crippen LogP contribution in [-0.4, -0.2) is 29.1 Å². The molecule has 3 heteroatoms. The minimum absolute atomic E-state index is 0.179. The Balaban J connectivity index is 2.08. The van der Waals surface area contributed by atoms with Crippen molar-refractivity contribution in [2.45, 2.75) is 32.7 Å². The monoisotopic (exact) mass is 220 g/mol. The quantitative estimate of drug-likeness (QED) is 0.771. The molecule has 0 atom stereocenters. The standard InChI is InChI=1S/C13H20N2O/c1-11(2)12-5-3-8-15(13(12)16)10-9-14-6-4-7-14/h3,5,8,11H,4,6-7,9-10H2,1-2H3. The molecule has 0 spiro atoms. The second-order valence-corrected chi connectivity index (χ2v) is 4.81. The zero-order chi connectivity index (χ0) is 11.5. The predicted molar refractivity (Wildman–Crippen MR) is 65.8 cm³/mol. The molecule has 1 fully saturated rings. The van der Waals surface area contributed by atoms with E-state index >= 15 is 0 Å². The van der Waals surface area contributed by atoms with E-state index in [1.165, 1.54) is 19.5 Å². The van der Waals surface area contributed by atoms with Gasteiger partial charge in [0, 0.05) is 24.8 Å². The van der Waals surface area contributed by atoms with Gasteiger partial charge in [0.15, 0.2) is 0 Å². The van der Waals surface area contributed by atoms with Crippen LogP contribution in [0.15, 0.2) is 23.1 Å². The van der Waals surface area contributed by atoms with Crippen molar-refractivity contribution in [3.8, 4) is 0 Å². The van der Waals surface area contributed by atoms with E-state index in [1.807, 2.05) is 22.9 Å². The maximum Gasteiger partial charge on any atom is 0.254 e. The van der Waals surface area contributed by atoms with Crippen molar-refractivity contribution in [1.82, 2.24) is 9.47 Å². The number of rotatable bonds is 4. The Hall–Kier alpha value is -1.09. The van der Waals surface area contributed by atoms with Crippen LogP contribution in [-0.2, 0) is 6.54 Å². The van der Waals surface area contributed by atoms with Gasteiger partial charge in [0.2, 0.25) is 0 Å². The van der Waals surface area contributed by atoms with Gasteiger partial charge in [-0.2, -0.15) is 0 Å². The topological polar surface area (TPSA) is 25.2 Å². The SMILES string of the molecule is CC(C)c1cccn(CCN2CCC2)c1=O. The molecule has 16 heavy (non-hydrogen) atoms. The third kappa shape index (κ3) is 2.35. The molecule has 0 radical (unpaired) electrons. The summed E-state index contributed by atoms with van der Waals surface area (Å²) < 4.78 is 1.84. The predicted octanol–water partition coefficient (Wildman–Crippen LogP) is 1.68. The van der Waals surface area contributed by atoms with Crippen molar-refractivity contribution >= 4 is 0 Å². The van der Waals surface area contributed by atoms with Gasteiger partial charge in [-0.3, -0.25) is 4.79 Å². The summed E-state index contributed by atoms with van der Waals surface area (Å²) >= 11 is 0. The maximum atomic E-state index is 12.1. The average Bonchev–Trinajstić information content (AvgIpc) is 2.17. The van der Waals surface area contributed by atoms with Crippen LogP contribution >= 0.6 is 0 Å². The number of nitrogens with zero attached hydrogens (tertiary/aromatic N) is 2. The third-order valence-electron chi connectivity index (χ3n) is 3.28. The first-order valence-corrected chi connectivity index (χ1v) is 6.10. The van der Waals surface area contributed by atoms with Crippen LogP contribution in [0.5, 0.6) is 0 Å². The fraction of sp³-hybridized carbons (Fsp3) is 0.615. The molecule has 2 rings (SSSR count). The fourth-order valence-electron chi connectivity index (χ4n) is 2.03. The first-order chi connectivity index (χ1) is 7.68. The van der Waals surface area contributed by atoms with Crippen LogP contribution in [0.4, 0.5) is 0 Å². The molecule has 1 aromatic rings. The molecule has 0 aliphatic carbocycles. The van der Waals surface area contributed by atoms with Gasteiger partial charge in [0.05, 0.1) is 0 Å². The van der Waals surface area contributed by atoms with E-state index in [0.717, 1.165) is 18.7 Å². The highest BCUT2D eigenvalue weighted by molar-refractivity contribution is 5.14. The van der Waals surface area contributed by atoms with Crippen molar-refractivity contribution in [3.63, 3.8) is 0 Å². The van der Waals surface area contributed by atoms with Gasteiger partial charge in [-0.15, -0.1) is 0 Å². The van der Waals surface area contributed by atoms with E-state index in [2.05, 4.69) is 18.7 Å². The number of hydrogen-bond acceptors (Lipinski definition) is 2. The summed E-state index contributed by atoms with van der Waals surface area (Å²) in [4.78, 5) is 14.5. The average molecular weight is 220 g/mol. The van der Waals surface area contributed by atoms with Crippen LogP contribution in [0.3, 0.4) is 0 Å². The summed E-state index contributed by atoms with van der Waals surface area (Å²) in [5.41, 5.74) is 1.10. The highest BCUT2D eigenvalue weighted by Crippen LogP contribution is 2.09. The lowest BCUT2D eigenvalue weighted by atomic mass is 10.1. The molecule has 1 saturated heterocycles. The zero-order valence-corrected chi connectivity index (χ0v) is 10.1. The smallest absolute Gasteiger partial charge is 0.254 e. The van der Waals surface area contributed by atoms with Crippen LogP contribution in [0.2, 0.25) is 0 Å². The molecular weight excluding hydrogens is 200 g/mol. The van der Waals surface area contributed by atoms with Crippen LogP contribution in [0.1, 0.15) is 31.7 Å². The summed E-state index contributed by atoms with van der Waals surface area (Å²) in [5, 5.41) is 0. The number of likely N-dealkylation sites (tertiary alicyclic amines) is 1. The largest absolute Gasteiger partial charge is 0.314 e. The van der Waals surface area contributed by atoms with Crippen molar-refractivity contribution in [3.05, 3.63) is 34.2 Å². The van der Waals surface area contributed by atoms with Crippen LogP contribution < -0.4 is 5.56 Å². The molecule has 0 N–H and O–H groups in total. The molecule has 0 amide bonds. The highest BCUT2D eigenvalue weighted by atomic mass is 16.1. The second-order valence-electron chi connectivity index (χ2n) is 4.81. The van der Waals surface area contributed by atoms with E-state index in [4.69, 9.17) is 0 Å². The van der Waals surface area contributed by atoms with E-state index in [-0.39, 0.29) is 5.56 Å². The van der Waals surface area contributed by atoms with Gasteiger partial charge < -0.3 is 9.47 Å². The van der Waals surface area contributed by atoms with E-state index in [1.54, 1.807) is 0 Å². The number of hydrogen-bond donors (Lipinski definition) is 0. The van der Waals surface area contributed by atoms with Crippen molar-refractivity contribution in [2.24, 2.45) is 0 Å². The first-order valence-electron chi connectivity index (χ1n) is 6.10. The van der Waals surface area contributed by atoms with E-state index in [9.17, 15) is 4.79 Å². The molecule has 0 aromatic carbocycles. The minimum Gasteiger partial charge on any atom is -0.314 e. The lowest BCUT2D eigenvalue weighted by Crippen LogP contribution is -2.40. The highest BCUT2D eigenvalue weighted by Gasteiger charge is 2.13. The minimum atomic E-state index is 0.179. The third-order valence-corrected chi connectivity index (χ3v) is 3.28. The summed E-state index contributed by atoms with van der Waals surface area (Å²) in [7, 11) is 0. The van der Waals surface area contributed by atoms with Crippen molar-refractivity contribution in [1.29, 1.82) is 0 Å². The molecule has 1 aliphatic heterocycles. The molecular formula is C13H20N2O. The molecule has 88 valence electrons. The van der Waals surface area contributed by atoms with E-state index < -0.39 is 0 Å². The van der Waals surface area contributed by atoms with E-state index in [0.29, 0.717) is 5.92 Å². The van der Waals surface area contributed by atoms with Crippen molar-refractivity contribution in [2.75, 3.05) is 19.6 Å². The van der Waals surface area contributed by atoms with Gasteiger partial charge in [0.25, 0.3) is 5.56 Å². The Kier molecular flexibility index (Phi) is 3.44. The van der Waals surface area contributed by atoms with Gasteiger partial charge in [-0.25, -0.2) is 0 Å². The normalized spacial score (nSPS) is 16.4. The molecule has 3 nitrogen and oxygen atoms in total.